The topological polar surface area (TPSA) is 72.8 Å². The first-order chi connectivity index (χ1) is 8.99. The summed E-state index contributed by atoms with van der Waals surface area (Å²) in [5.41, 5.74) is 0.313. The third-order valence-electron chi connectivity index (χ3n) is 2.17. The molecule has 1 aromatic carbocycles. The van der Waals surface area contributed by atoms with Crippen molar-refractivity contribution in [1.82, 2.24) is 0 Å². The molecule has 0 saturated heterocycles. The van der Waals surface area contributed by atoms with Gasteiger partial charge in [-0.1, -0.05) is 15.9 Å². The summed E-state index contributed by atoms with van der Waals surface area (Å²) in [5, 5.41) is 9.90. The van der Waals surface area contributed by atoms with Gasteiger partial charge >= 0.3 is 5.97 Å². The lowest BCUT2D eigenvalue weighted by Gasteiger charge is -2.09. The van der Waals surface area contributed by atoms with Gasteiger partial charge in [-0.05, 0) is 25.1 Å². The monoisotopic (exact) mass is 328 g/mol. The lowest BCUT2D eigenvalue weighted by molar-refractivity contribution is -0.149. The largest absolute Gasteiger partial charge is 0.507 e. The average molecular weight is 329 g/mol. The summed E-state index contributed by atoms with van der Waals surface area (Å²) in [6, 6.07) is 4.97. The number of halogens is 1. The van der Waals surface area contributed by atoms with Crippen molar-refractivity contribution in [1.29, 1.82) is 0 Å². The minimum atomic E-state index is -1.04. The van der Waals surface area contributed by atoms with Crippen LogP contribution in [-0.2, 0) is 14.3 Å². The van der Waals surface area contributed by atoms with Crippen LogP contribution in [0.4, 0.5) is 0 Å². The Balaban J connectivity index is 3.13. The number of carbonyl (C=O) groups is 2. The SMILES string of the molecule is CCOc1ccc(Br)cc1/C(O)=C/C(=O)C(=O)OC. The van der Waals surface area contributed by atoms with Crippen molar-refractivity contribution in [2.45, 2.75) is 6.92 Å². The summed E-state index contributed by atoms with van der Waals surface area (Å²) in [5.74, 6) is -1.93. The first-order valence-electron chi connectivity index (χ1n) is 5.45. The fourth-order valence-electron chi connectivity index (χ4n) is 1.35. The molecule has 0 amide bonds. The van der Waals surface area contributed by atoms with Crippen LogP contribution in [0.3, 0.4) is 0 Å². The standard InChI is InChI=1S/C13H13BrO5/c1-3-19-12-5-4-8(14)6-9(12)10(15)7-11(16)13(17)18-2/h4-7,15H,3H2,1-2H3/b10-7-. The summed E-state index contributed by atoms with van der Waals surface area (Å²) in [6.07, 6.45) is 0.802. The molecule has 0 heterocycles. The number of carbonyl (C=O) groups excluding carboxylic acids is 2. The zero-order valence-electron chi connectivity index (χ0n) is 10.5. The highest BCUT2D eigenvalue weighted by molar-refractivity contribution is 9.10. The Bertz CT molecular complexity index is 522. The van der Waals surface area contributed by atoms with Crippen molar-refractivity contribution in [3.8, 4) is 5.75 Å². The lowest BCUT2D eigenvalue weighted by Crippen LogP contribution is -2.13. The van der Waals surface area contributed by atoms with Crippen LogP contribution in [0.2, 0.25) is 0 Å². The minimum Gasteiger partial charge on any atom is -0.507 e. The predicted octanol–water partition coefficient (Wildman–Crippen LogP) is 2.49. The highest BCUT2D eigenvalue weighted by Crippen LogP contribution is 2.28. The summed E-state index contributed by atoms with van der Waals surface area (Å²) >= 11 is 3.25. The van der Waals surface area contributed by atoms with Crippen LogP contribution < -0.4 is 4.74 Å². The number of esters is 1. The smallest absolute Gasteiger partial charge is 0.378 e. The zero-order chi connectivity index (χ0) is 14.4. The first-order valence-corrected chi connectivity index (χ1v) is 6.24. The van der Waals surface area contributed by atoms with E-state index in [0.29, 0.717) is 22.4 Å². The fraction of sp³-hybridized carbons (Fsp3) is 0.231. The van der Waals surface area contributed by atoms with E-state index in [1.807, 2.05) is 0 Å². The normalized spacial score (nSPS) is 11.0. The van der Waals surface area contributed by atoms with Gasteiger partial charge in [-0.2, -0.15) is 0 Å². The second-order valence-electron chi connectivity index (χ2n) is 3.46. The molecule has 0 aromatic heterocycles. The van der Waals surface area contributed by atoms with Gasteiger partial charge in [0.15, 0.2) is 0 Å². The van der Waals surface area contributed by atoms with E-state index in [2.05, 4.69) is 20.7 Å². The minimum absolute atomic E-state index is 0.313. The number of rotatable bonds is 5. The summed E-state index contributed by atoms with van der Waals surface area (Å²) in [7, 11) is 1.09. The van der Waals surface area contributed by atoms with Crippen molar-refractivity contribution in [3.63, 3.8) is 0 Å². The Morgan fingerprint density at radius 3 is 2.68 bits per heavy atom. The van der Waals surface area contributed by atoms with Gasteiger partial charge in [-0.3, -0.25) is 4.79 Å². The summed E-state index contributed by atoms with van der Waals surface area (Å²) < 4.78 is 10.3. The molecule has 0 aliphatic heterocycles. The van der Waals surface area contributed by atoms with E-state index in [0.717, 1.165) is 13.2 Å². The Hall–Kier alpha value is -1.82. The van der Waals surface area contributed by atoms with Crippen LogP contribution in [0.5, 0.6) is 5.75 Å². The van der Waals surface area contributed by atoms with Gasteiger partial charge in [-0.15, -0.1) is 0 Å². The van der Waals surface area contributed by atoms with Crippen LogP contribution in [0.25, 0.3) is 5.76 Å². The van der Waals surface area contributed by atoms with E-state index in [9.17, 15) is 14.7 Å². The molecule has 0 fully saturated rings. The molecule has 0 aliphatic carbocycles. The Morgan fingerprint density at radius 1 is 1.42 bits per heavy atom. The van der Waals surface area contributed by atoms with Gasteiger partial charge in [-0.25, -0.2) is 4.79 Å². The van der Waals surface area contributed by atoms with Gasteiger partial charge in [0.25, 0.3) is 5.78 Å². The van der Waals surface area contributed by atoms with Crippen LogP contribution >= 0.6 is 15.9 Å². The first kappa shape index (κ1) is 15.2. The average Bonchev–Trinajstić information content (AvgIpc) is 2.39. The van der Waals surface area contributed by atoms with Crippen molar-refractivity contribution in [2.75, 3.05) is 13.7 Å². The number of ether oxygens (including phenoxy) is 2. The third-order valence-corrected chi connectivity index (χ3v) is 2.67. The molecule has 102 valence electrons. The molecular weight excluding hydrogens is 316 g/mol. The Morgan fingerprint density at radius 2 is 2.11 bits per heavy atom. The Kier molecular flexibility index (Phi) is 5.57. The third kappa shape index (κ3) is 4.10. The number of hydrogen-bond acceptors (Lipinski definition) is 5. The van der Waals surface area contributed by atoms with Gasteiger partial charge in [0.1, 0.15) is 11.5 Å². The molecular formula is C13H13BrO5. The number of hydrogen-bond donors (Lipinski definition) is 1. The lowest BCUT2D eigenvalue weighted by atomic mass is 10.1. The van der Waals surface area contributed by atoms with Crippen LogP contribution in [0.1, 0.15) is 12.5 Å². The molecule has 0 aliphatic rings. The molecule has 0 unspecified atom stereocenters. The van der Waals surface area contributed by atoms with E-state index in [1.165, 1.54) is 0 Å². The van der Waals surface area contributed by atoms with Crippen LogP contribution in [0, 0.1) is 0 Å². The second kappa shape index (κ2) is 6.94. The summed E-state index contributed by atoms with van der Waals surface area (Å²) in [4.78, 5) is 22.3. The number of methoxy groups -OCH3 is 1. The number of aliphatic hydroxyl groups excluding tert-OH is 1. The molecule has 1 aromatic rings. The molecule has 0 bridgehead atoms. The zero-order valence-corrected chi connectivity index (χ0v) is 12.1. The quantitative estimate of drug-likeness (QED) is 0.389. The molecule has 1 N–H and O–H groups in total. The van der Waals surface area contributed by atoms with Crippen LogP contribution in [0.15, 0.2) is 28.7 Å². The van der Waals surface area contributed by atoms with Crippen LogP contribution in [-0.4, -0.2) is 30.6 Å². The van der Waals surface area contributed by atoms with E-state index < -0.39 is 11.8 Å². The second-order valence-corrected chi connectivity index (χ2v) is 4.37. The van der Waals surface area contributed by atoms with E-state index in [4.69, 9.17) is 4.74 Å². The molecule has 0 radical (unpaired) electrons. The fourth-order valence-corrected chi connectivity index (χ4v) is 1.71. The molecule has 19 heavy (non-hydrogen) atoms. The molecule has 0 saturated carbocycles. The molecule has 0 spiro atoms. The van der Waals surface area contributed by atoms with E-state index in [1.54, 1.807) is 25.1 Å². The maximum absolute atomic E-state index is 11.3. The van der Waals surface area contributed by atoms with E-state index >= 15 is 0 Å². The van der Waals surface area contributed by atoms with Crippen molar-refractivity contribution in [3.05, 3.63) is 34.3 Å². The number of ketones is 1. The van der Waals surface area contributed by atoms with Gasteiger partial charge < -0.3 is 14.6 Å². The predicted molar refractivity (Wildman–Crippen MR) is 72.9 cm³/mol. The van der Waals surface area contributed by atoms with Crippen molar-refractivity contribution in [2.24, 2.45) is 0 Å². The maximum Gasteiger partial charge on any atom is 0.378 e. The van der Waals surface area contributed by atoms with Crippen molar-refractivity contribution >= 4 is 33.4 Å². The number of benzene rings is 1. The summed E-state index contributed by atoms with van der Waals surface area (Å²) in [6.45, 7) is 2.21. The molecule has 6 heteroatoms. The van der Waals surface area contributed by atoms with Crippen molar-refractivity contribution < 1.29 is 24.2 Å². The van der Waals surface area contributed by atoms with Gasteiger partial charge in [0.05, 0.1) is 19.3 Å². The maximum atomic E-state index is 11.3. The molecule has 1 rings (SSSR count). The number of aliphatic hydroxyl groups is 1. The Labute approximate surface area is 119 Å². The van der Waals surface area contributed by atoms with Gasteiger partial charge in [0.2, 0.25) is 0 Å². The molecule has 0 atom stereocenters. The molecule has 5 nitrogen and oxygen atoms in total. The highest BCUT2D eigenvalue weighted by Gasteiger charge is 2.15. The van der Waals surface area contributed by atoms with Gasteiger partial charge in [0, 0.05) is 10.5 Å². The van der Waals surface area contributed by atoms with E-state index in [-0.39, 0.29) is 5.76 Å². The highest BCUT2D eigenvalue weighted by atomic mass is 79.9.